The van der Waals surface area contributed by atoms with Crippen molar-refractivity contribution < 1.29 is 12.9 Å². The predicted molar refractivity (Wildman–Crippen MR) is 106 cm³/mol. The number of anilines is 3. The van der Waals surface area contributed by atoms with Crippen molar-refractivity contribution in [3.05, 3.63) is 84.6 Å². The van der Waals surface area contributed by atoms with Gasteiger partial charge in [-0.15, -0.1) is 0 Å². The highest BCUT2D eigenvalue weighted by molar-refractivity contribution is 7.91. The minimum Gasteiger partial charge on any atom is -0.356 e. The summed E-state index contributed by atoms with van der Waals surface area (Å²) in [6, 6.07) is 24.0. The molecule has 2 N–H and O–H groups in total. The number of hydrogen-bond acceptors (Lipinski definition) is 5. The van der Waals surface area contributed by atoms with Gasteiger partial charge in [0.05, 0.1) is 0 Å². The third-order valence-corrected chi connectivity index (χ3v) is 5.20. The maximum atomic E-state index is 12.5. The van der Waals surface area contributed by atoms with Gasteiger partial charge in [0.15, 0.2) is 5.58 Å². The maximum absolute atomic E-state index is 12.5. The number of fused-ring (bicyclic) bond motifs is 1. The maximum Gasteiger partial charge on any atom is 0.238 e. The van der Waals surface area contributed by atoms with Crippen LogP contribution in [-0.4, -0.2) is 13.6 Å². The largest absolute Gasteiger partial charge is 0.356 e. The Kier molecular flexibility index (Phi) is 4.52. The molecule has 7 heteroatoms. The summed E-state index contributed by atoms with van der Waals surface area (Å²) in [6.07, 6.45) is 0. The molecule has 0 radical (unpaired) electrons. The van der Waals surface area contributed by atoms with Crippen LogP contribution in [0.3, 0.4) is 0 Å². The second-order valence-corrected chi connectivity index (χ2v) is 7.78. The van der Waals surface area contributed by atoms with E-state index in [1.807, 2.05) is 54.6 Å². The second-order valence-electron chi connectivity index (χ2n) is 6.05. The lowest BCUT2D eigenvalue weighted by Gasteiger charge is -2.09. The third kappa shape index (κ3) is 4.09. The summed E-state index contributed by atoms with van der Waals surface area (Å²) in [5.74, 6) is -0.256. The molecule has 27 heavy (non-hydrogen) atoms. The van der Waals surface area contributed by atoms with Gasteiger partial charge in [0.25, 0.3) is 0 Å². The fourth-order valence-electron chi connectivity index (χ4n) is 2.75. The van der Waals surface area contributed by atoms with Gasteiger partial charge in [-0.3, -0.25) is 4.72 Å². The highest BCUT2D eigenvalue weighted by Gasteiger charge is 2.17. The number of hydrogen-bond donors (Lipinski definition) is 2. The minimum atomic E-state index is -3.61. The number of para-hydroxylation sites is 2. The van der Waals surface area contributed by atoms with Crippen LogP contribution < -0.4 is 10.0 Å². The van der Waals surface area contributed by atoms with Crippen LogP contribution >= 0.6 is 0 Å². The number of nitrogens with one attached hydrogen (secondary N) is 2. The molecule has 4 aromatic rings. The van der Waals surface area contributed by atoms with Crippen LogP contribution in [0.2, 0.25) is 0 Å². The first-order valence-corrected chi connectivity index (χ1v) is 10.0. The van der Waals surface area contributed by atoms with Gasteiger partial charge in [-0.05, 0) is 48.5 Å². The van der Waals surface area contributed by atoms with Gasteiger partial charge in [0.1, 0.15) is 11.4 Å². The van der Waals surface area contributed by atoms with Gasteiger partial charge in [0, 0.05) is 22.4 Å². The number of aromatic nitrogens is 1. The summed E-state index contributed by atoms with van der Waals surface area (Å²) in [7, 11) is -3.61. The summed E-state index contributed by atoms with van der Waals surface area (Å²) in [4.78, 5) is 0. The monoisotopic (exact) mass is 379 g/mol. The number of sulfonamides is 1. The predicted octanol–water partition coefficient (Wildman–Crippen LogP) is 4.51. The molecule has 0 saturated carbocycles. The SMILES string of the molecule is O=S(=O)(Cc1noc2ccccc12)Nc1ccc(Nc2ccccc2)cc1. The van der Waals surface area contributed by atoms with Gasteiger partial charge in [-0.25, -0.2) is 8.42 Å². The molecule has 3 aromatic carbocycles. The van der Waals surface area contributed by atoms with Crippen molar-refractivity contribution in [1.29, 1.82) is 0 Å². The molecule has 0 spiro atoms. The lowest BCUT2D eigenvalue weighted by Crippen LogP contribution is -2.15. The van der Waals surface area contributed by atoms with Gasteiger partial charge in [0.2, 0.25) is 10.0 Å². The third-order valence-electron chi connectivity index (χ3n) is 4.00. The van der Waals surface area contributed by atoms with E-state index in [-0.39, 0.29) is 5.75 Å². The molecule has 0 aliphatic rings. The minimum absolute atomic E-state index is 0.256. The van der Waals surface area contributed by atoms with Crippen molar-refractivity contribution in [2.75, 3.05) is 10.0 Å². The van der Waals surface area contributed by atoms with E-state index in [0.717, 1.165) is 11.4 Å². The standard InChI is InChI=1S/C20H17N3O3S/c24-27(25,14-19-18-8-4-5-9-20(18)26-22-19)23-17-12-10-16(11-13-17)21-15-6-2-1-3-7-15/h1-13,21,23H,14H2. The van der Waals surface area contributed by atoms with Gasteiger partial charge in [-0.1, -0.05) is 35.5 Å². The van der Waals surface area contributed by atoms with Crippen LogP contribution in [0.25, 0.3) is 11.0 Å². The fraction of sp³-hybridized carbons (Fsp3) is 0.0500. The molecule has 0 unspecified atom stereocenters. The average molecular weight is 379 g/mol. The second kappa shape index (κ2) is 7.13. The Labute approximate surface area is 156 Å². The highest BCUT2D eigenvalue weighted by Crippen LogP contribution is 2.22. The van der Waals surface area contributed by atoms with E-state index in [2.05, 4.69) is 15.2 Å². The topological polar surface area (TPSA) is 84.2 Å². The zero-order chi connectivity index (χ0) is 18.7. The molecule has 6 nitrogen and oxygen atoms in total. The molecule has 0 amide bonds. The molecule has 1 heterocycles. The molecule has 136 valence electrons. The normalized spacial score (nSPS) is 11.4. The number of rotatable bonds is 6. The first-order valence-electron chi connectivity index (χ1n) is 8.35. The lowest BCUT2D eigenvalue weighted by atomic mass is 10.2. The molecular weight excluding hydrogens is 362 g/mol. The summed E-state index contributed by atoms with van der Waals surface area (Å²) in [5.41, 5.74) is 3.27. The molecular formula is C20H17N3O3S. The Morgan fingerprint density at radius 3 is 2.19 bits per heavy atom. The zero-order valence-electron chi connectivity index (χ0n) is 14.3. The highest BCUT2D eigenvalue weighted by atomic mass is 32.2. The van der Waals surface area contributed by atoms with Gasteiger partial charge < -0.3 is 9.84 Å². The van der Waals surface area contributed by atoms with Crippen molar-refractivity contribution in [2.24, 2.45) is 0 Å². The van der Waals surface area contributed by atoms with E-state index in [0.29, 0.717) is 22.4 Å². The first-order chi connectivity index (χ1) is 13.1. The Morgan fingerprint density at radius 2 is 1.41 bits per heavy atom. The van der Waals surface area contributed by atoms with E-state index in [1.54, 1.807) is 24.3 Å². The van der Waals surface area contributed by atoms with Gasteiger partial charge in [-0.2, -0.15) is 0 Å². The van der Waals surface area contributed by atoms with Crippen LogP contribution in [0, 0.1) is 0 Å². The summed E-state index contributed by atoms with van der Waals surface area (Å²) >= 11 is 0. The van der Waals surface area contributed by atoms with E-state index in [9.17, 15) is 8.42 Å². The van der Waals surface area contributed by atoms with Crippen LogP contribution in [0.4, 0.5) is 17.1 Å². The summed E-state index contributed by atoms with van der Waals surface area (Å²) in [5, 5.41) is 7.83. The molecule has 0 bridgehead atoms. The van der Waals surface area contributed by atoms with Gasteiger partial charge >= 0.3 is 0 Å². The van der Waals surface area contributed by atoms with E-state index in [1.165, 1.54) is 0 Å². The molecule has 0 aliphatic carbocycles. The Hall–Kier alpha value is -3.32. The average Bonchev–Trinajstić information content (AvgIpc) is 3.06. The first kappa shape index (κ1) is 17.1. The smallest absolute Gasteiger partial charge is 0.238 e. The Bertz CT molecular complexity index is 1150. The fourth-order valence-corrected chi connectivity index (χ4v) is 3.88. The molecule has 4 rings (SSSR count). The van der Waals surface area contributed by atoms with Crippen molar-refractivity contribution in [2.45, 2.75) is 5.75 Å². The van der Waals surface area contributed by atoms with Crippen LogP contribution in [-0.2, 0) is 15.8 Å². The number of nitrogens with zero attached hydrogens (tertiary/aromatic N) is 1. The number of benzene rings is 3. The van der Waals surface area contributed by atoms with Crippen LogP contribution in [0.5, 0.6) is 0 Å². The van der Waals surface area contributed by atoms with E-state index in [4.69, 9.17) is 4.52 Å². The Balaban J connectivity index is 1.46. The summed E-state index contributed by atoms with van der Waals surface area (Å²) in [6.45, 7) is 0. The van der Waals surface area contributed by atoms with E-state index >= 15 is 0 Å². The van der Waals surface area contributed by atoms with Crippen LogP contribution in [0.15, 0.2) is 83.4 Å². The molecule has 0 atom stereocenters. The van der Waals surface area contributed by atoms with Crippen molar-refractivity contribution in [1.82, 2.24) is 5.16 Å². The van der Waals surface area contributed by atoms with E-state index < -0.39 is 10.0 Å². The van der Waals surface area contributed by atoms with Crippen molar-refractivity contribution >= 4 is 38.1 Å². The lowest BCUT2D eigenvalue weighted by molar-refractivity contribution is 0.448. The molecule has 0 aliphatic heterocycles. The quantitative estimate of drug-likeness (QED) is 0.515. The molecule has 1 aromatic heterocycles. The Morgan fingerprint density at radius 1 is 0.778 bits per heavy atom. The summed E-state index contributed by atoms with van der Waals surface area (Å²) < 4.78 is 32.7. The van der Waals surface area contributed by atoms with Crippen molar-refractivity contribution in [3.63, 3.8) is 0 Å². The zero-order valence-corrected chi connectivity index (χ0v) is 15.1. The molecule has 0 saturated heterocycles. The molecule has 0 fully saturated rings. The van der Waals surface area contributed by atoms with Crippen molar-refractivity contribution in [3.8, 4) is 0 Å². The van der Waals surface area contributed by atoms with Crippen LogP contribution in [0.1, 0.15) is 5.69 Å².